The van der Waals surface area contributed by atoms with E-state index >= 15 is 0 Å². The third-order valence-electron chi connectivity index (χ3n) is 5.01. The number of hydrogen-bond donors (Lipinski definition) is 1. The number of rotatable bonds is 6. The summed E-state index contributed by atoms with van der Waals surface area (Å²) in [4.78, 5) is 14.2. The Morgan fingerprint density at radius 3 is 2.27 bits per heavy atom. The first kappa shape index (κ1) is 20.2. The molecule has 140 valence electrons. The van der Waals surface area contributed by atoms with Crippen molar-refractivity contribution in [3.63, 3.8) is 0 Å². The molecule has 2 rings (SSSR count). The molecule has 1 atom stereocenters. The molecular formula is C23H32N2O. The first-order chi connectivity index (χ1) is 12.2. The maximum absolute atomic E-state index is 12.2. The molecule has 0 saturated heterocycles. The van der Waals surface area contributed by atoms with E-state index in [1.807, 2.05) is 38.4 Å². The second-order valence-electron chi connectivity index (χ2n) is 8.35. The van der Waals surface area contributed by atoms with E-state index in [1.54, 1.807) is 0 Å². The topological polar surface area (TPSA) is 32.3 Å². The molecule has 0 aliphatic heterocycles. The van der Waals surface area contributed by atoms with Crippen molar-refractivity contribution in [2.75, 3.05) is 27.2 Å². The van der Waals surface area contributed by atoms with Crippen LogP contribution in [0.4, 0.5) is 0 Å². The van der Waals surface area contributed by atoms with Gasteiger partial charge in [-0.25, -0.2) is 0 Å². The molecule has 0 fully saturated rings. The van der Waals surface area contributed by atoms with Gasteiger partial charge in [-0.15, -0.1) is 0 Å². The van der Waals surface area contributed by atoms with Crippen LogP contribution in [0, 0.1) is 5.41 Å². The summed E-state index contributed by atoms with van der Waals surface area (Å²) in [7, 11) is 3.99. The molecule has 1 N–H and O–H groups in total. The van der Waals surface area contributed by atoms with E-state index in [-0.39, 0.29) is 11.3 Å². The van der Waals surface area contributed by atoms with E-state index < -0.39 is 0 Å². The molecule has 2 aromatic rings. The zero-order valence-electron chi connectivity index (χ0n) is 17.0. The lowest BCUT2D eigenvalue weighted by Crippen LogP contribution is -2.31. The first-order valence-electron chi connectivity index (χ1n) is 9.32. The molecular weight excluding hydrogens is 320 g/mol. The molecule has 0 saturated carbocycles. The molecule has 0 bridgehead atoms. The van der Waals surface area contributed by atoms with Gasteiger partial charge in [-0.05, 0) is 54.3 Å². The highest BCUT2D eigenvalue weighted by atomic mass is 16.1. The molecule has 0 radical (unpaired) electrons. The van der Waals surface area contributed by atoms with Crippen molar-refractivity contribution in [3.8, 4) is 11.1 Å². The fraction of sp³-hybridized carbons (Fsp3) is 0.435. The third-order valence-corrected chi connectivity index (χ3v) is 5.01. The molecule has 3 heteroatoms. The summed E-state index contributed by atoms with van der Waals surface area (Å²) in [6.07, 6.45) is 0. The van der Waals surface area contributed by atoms with Gasteiger partial charge in [-0.3, -0.25) is 4.79 Å². The van der Waals surface area contributed by atoms with Crippen LogP contribution in [0.3, 0.4) is 0 Å². The van der Waals surface area contributed by atoms with E-state index in [0.717, 1.165) is 12.1 Å². The van der Waals surface area contributed by atoms with Crippen LogP contribution in [0.15, 0.2) is 48.5 Å². The smallest absolute Gasteiger partial charge is 0.251 e. The van der Waals surface area contributed by atoms with Crippen LogP contribution in [-0.2, 0) is 0 Å². The van der Waals surface area contributed by atoms with Gasteiger partial charge in [-0.2, -0.15) is 0 Å². The molecule has 0 aliphatic rings. The molecule has 1 amide bonds. The average Bonchev–Trinajstić information content (AvgIpc) is 2.60. The van der Waals surface area contributed by atoms with Gasteiger partial charge in [0.05, 0.1) is 0 Å². The number of hydrogen-bond acceptors (Lipinski definition) is 2. The van der Waals surface area contributed by atoms with Gasteiger partial charge < -0.3 is 10.2 Å². The zero-order chi connectivity index (χ0) is 19.3. The molecule has 2 aromatic carbocycles. The normalized spacial score (nSPS) is 12.9. The lowest BCUT2D eigenvalue weighted by atomic mass is 9.77. The Morgan fingerprint density at radius 2 is 1.69 bits per heavy atom. The summed E-state index contributed by atoms with van der Waals surface area (Å²) in [5.74, 6) is 0.456. The fourth-order valence-corrected chi connectivity index (χ4v) is 2.80. The van der Waals surface area contributed by atoms with Crippen LogP contribution in [0.1, 0.15) is 49.5 Å². The number of likely N-dealkylation sites (N-methyl/N-ethyl adjacent to an activating group) is 1. The Morgan fingerprint density at radius 1 is 1.04 bits per heavy atom. The maximum Gasteiger partial charge on any atom is 0.251 e. The molecule has 3 nitrogen and oxygen atoms in total. The van der Waals surface area contributed by atoms with Crippen LogP contribution < -0.4 is 5.32 Å². The number of nitrogens with one attached hydrogen (secondary N) is 1. The number of benzene rings is 2. The lowest BCUT2D eigenvalue weighted by Gasteiger charge is -2.28. The third kappa shape index (κ3) is 5.43. The summed E-state index contributed by atoms with van der Waals surface area (Å²) in [5, 5.41) is 2.95. The molecule has 0 aromatic heterocycles. The van der Waals surface area contributed by atoms with Crippen molar-refractivity contribution < 1.29 is 4.79 Å². The lowest BCUT2D eigenvalue weighted by molar-refractivity contribution is 0.0951. The Bertz CT molecular complexity index is 727. The Balaban J connectivity index is 2.12. The minimum atomic E-state index is -0.0199. The predicted octanol–water partition coefficient (Wildman–Crippen LogP) is 4.79. The van der Waals surface area contributed by atoms with Crippen LogP contribution >= 0.6 is 0 Å². The van der Waals surface area contributed by atoms with Gasteiger partial charge in [0.15, 0.2) is 0 Å². The highest BCUT2D eigenvalue weighted by Gasteiger charge is 2.21. The average molecular weight is 353 g/mol. The maximum atomic E-state index is 12.2. The van der Waals surface area contributed by atoms with Gasteiger partial charge in [0.1, 0.15) is 0 Å². The van der Waals surface area contributed by atoms with Gasteiger partial charge in [0.25, 0.3) is 5.91 Å². The van der Waals surface area contributed by atoms with Crippen molar-refractivity contribution in [2.24, 2.45) is 5.41 Å². The molecule has 0 heterocycles. The molecule has 0 aliphatic carbocycles. The molecule has 0 unspecified atom stereocenters. The van der Waals surface area contributed by atoms with Crippen LogP contribution in [0.5, 0.6) is 0 Å². The van der Waals surface area contributed by atoms with Crippen LogP contribution in [0.2, 0.25) is 0 Å². The summed E-state index contributed by atoms with van der Waals surface area (Å²) in [5.41, 5.74) is 4.61. The molecule has 26 heavy (non-hydrogen) atoms. The van der Waals surface area contributed by atoms with Gasteiger partial charge in [-0.1, -0.05) is 64.1 Å². The number of nitrogens with zero attached hydrogens (tertiary/aromatic N) is 1. The van der Waals surface area contributed by atoms with Gasteiger partial charge in [0, 0.05) is 18.7 Å². The first-order valence-corrected chi connectivity index (χ1v) is 9.32. The molecule has 0 spiro atoms. The number of amides is 1. The number of carbonyl (C=O) groups excluding carboxylic acids is 1. The van der Waals surface area contributed by atoms with E-state index in [1.165, 1.54) is 11.1 Å². The van der Waals surface area contributed by atoms with Crippen LogP contribution in [0.25, 0.3) is 11.1 Å². The van der Waals surface area contributed by atoms with Crippen molar-refractivity contribution >= 4 is 5.91 Å². The fourth-order valence-electron chi connectivity index (χ4n) is 2.80. The van der Waals surface area contributed by atoms with Crippen molar-refractivity contribution in [1.29, 1.82) is 0 Å². The highest BCUT2D eigenvalue weighted by Crippen LogP contribution is 2.35. The minimum absolute atomic E-state index is 0.0199. The van der Waals surface area contributed by atoms with E-state index in [9.17, 15) is 4.79 Å². The predicted molar refractivity (Wildman–Crippen MR) is 111 cm³/mol. The second kappa shape index (κ2) is 8.50. The SMILES string of the molecule is C[C@H](c1cccc(-c2ccc(C(=O)NCCN(C)C)cc2)c1)C(C)(C)C. The van der Waals surface area contributed by atoms with Crippen molar-refractivity contribution in [2.45, 2.75) is 33.6 Å². The summed E-state index contributed by atoms with van der Waals surface area (Å²) >= 11 is 0. The van der Waals surface area contributed by atoms with Crippen molar-refractivity contribution in [3.05, 3.63) is 59.7 Å². The summed E-state index contributed by atoms with van der Waals surface area (Å²) in [6.45, 7) is 10.6. The standard InChI is InChI=1S/C23H32N2O/c1-17(23(2,3)4)20-8-7-9-21(16-20)18-10-12-19(13-11-18)22(26)24-14-15-25(5)6/h7-13,16-17H,14-15H2,1-6H3,(H,24,26)/t17-/m1/s1. The van der Waals surface area contributed by atoms with Gasteiger partial charge >= 0.3 is 0 Å². The quantitative estimate of drug-likeness (QED) is 0.810. The number of carbonyl (C=O) groups is 1. The van der Waals surface area contributed by atoms with E-state index in [4.69, 9.17) is 0 Å². The van der Waals surface area contributed by atoms with E-state index in [0.29, 0.717) is 18.0 Å². The highest BCUT2D eigenvalue weighted by molar-refractivity contribution is 5.94. The Hall–Kier alpha value is -2.13. The van der Waals surface area contributed by atoms with Crippen molar-refractivity contribution in [1.82, 2.24) is 10.2 Å². The second-order valence-corrected chi connectivity index (χ2v) is 8.35. The largest absolute Gasteiger partial charge is 0.351 e. The van der Waals surface area contributed by atoms with E-state index in [2.05, 4.69) is 62.2 Å². The monoisotopic (exact) mass is 352 g/mol. The summed E-state index contributed by atoms with van der Waals surface area (Å²) < 4.78 is 0. The van der Waals surface area contributed by atoms with Gasteiger partial charge in [0.2, 0.25) is 0 Å². The Kier molecular flexibility index (Phi) is 6.60. The zero-order valence-corrected chi connectivity index (χ0v) is 17.0. The van der Waals surface area contributed by atoms with Crippen LogP contribution in [-0.4, -0.2) is 38.0 Å². The summed E-state index contributed by atoms with van der Waals surface area (Å²) in [6, 6.07) is 16.6. The minimum Gasteiger partial charge on any atom is -0.351 e. The Labute approximate surface area is 158 Å².